The van der Waals surface area contributed by atoms with Gasteiger partial charge in [-0.2, -0.15) is 0 Å². The molecule has 138 valence electrons. The van der Waals surface area contributed by atoms with Crippen LogP contribution in [0.25, 0.3) is 0 Å². The monoisotopic (exact) mass is 359 g/mol. The summed E-state index contributed by atoms with van der Waals surface area (Å²) >= 11 is 0. The van der Waals surface area contributed by atoms with E-state index in [0.717, 1.165) is 31.9 Å². The molecule has 0 aliphatic carbocycles. The largest absolute Gasteiger partial charge is 0.369 e. The Labute approximate surface area is 152 Å². The molecular formula is C20H23F2N3O. The highest BCUT2D eigenvalue weighted by atomic mass is 19.1. The maximum atomic E-state index is 13.5. The maximum absolute atomic E-state index is 13.5. The summed E-state index contributed by atoms with van der Waals surface area (Å²) in [7, 11) is 0. The van der Waals surface area contributed by atoms with Crippen molar-refractivity contribution in [2.45, 2.75) is 13.0 Å². The highest BCUT2D eigenvalue weighted by Crippen LogP contribution is 2.17. The van der Waals surface area contributed by atoms with Gasteiger partial charge in [0.25, 0.3) is 0 Å². The molecule has 3 rings (SSSR count). The zero-order valence-corrected chi connectivity index (χ0v) is 14.6. The Balaban J connectivity index is 1.37. The Morgan fingerprint density at radius 3 is 2.35 bits per heavy atom. The molecule has 2 aromatic carbocycles. The van der Waals surface area contributed by atoms with E-state index < -0.39 is 0 Å². The Morgan fingerprint density at radius 1 is 0.962 bits per heavy atom. The van der Waals surface area contributed by atoms with E-state index in [-0.39, 0.29) is 24.1 Å². The fourth-order valence-electron chi connectivity index (χ4n) is 3.07. The minimum absolute atomic E-state index is 0.0748. The van der Waals surface area contributed by atoms with Gasteiger partial charge < -0.3 is 10.2 Å². The lowest BCUT2D eigenvalue weighted by Crippen LogP contribution is -2.47. The van der Waals surface area contributed by atoms with Crippen LogP contribution in [0.4, 0.5) is 14.5 Å². The topological polar surface area (TPSA) is 35.6 Å². The normalized spacial score (nSPS) is 15.1. The van der Waals surface area contributed by atoms with Gasteiger partial charge in [0.2, 0.25) is 5.91 Å². The zero-order chi connectivity index (χ0) is 18.4. The molecule has 6 heteroatoms. The number of anilines is 1. The number of hydrogen-bond donors (Lipinski definition) is 1. The summed E-state index contributed by atoms with van der Waals surface area (Å²) in [5.74, 6) is -0.604. The predicted octanol–water partition coefficient (Wildman–Crippen LogP) is 2.79. The average molecular weight is 359 g/mol. The zero-order valence-electron chi connectivity index (χ0n) is 14.6. The quantitative estimate of drug-likeness (QED) is 0.862. The summed E-state index contributed by atoms with van der Waals surface area (Å²) in [6.07, 6.45) is 0.394. The molecule has 26 heavy (non-hydrogen) atoms. The van der Waals surface area contributed by atoms with E-state index in [9.17, 15) is 13.6 Å². The van der Waals surface area contributed by atoms with Crippen LogP contribution in [-0.2, 0) is 11.3 Å². The first kappa shape index (κ1) is 18.3. The van der Waals surface area contributed by atoms with Gasteiger partial charge >= 0.3 is 0 Å². The predicted molar refractivity (Wildman–Crippen MR) is 97.9 cm³/mol. The van der Waals surface area contributed by atoms with Crippen molar-refractivity contribution in [1.29, 1.82) is 0 Å². The van der Waals surface area contributed by atoms with E-state index in [2.05, 4.69) is 15.1 Å². The molecule has 1 aliphatic heterocycles. The van der Waals surface area contributed by atoms with E-state index in [1.807, 2.05) is 0 Å². The van der Waals surface area contributed by atoms with Crippen LogP contribution in [0.1, 0.15) is 12.0 Å². The molecule has 0 saturated carbocycles. The molecule has 4 nitrogen and oxygen atoms in total. The molecule has 0 atom stereocenters. The van der Waals surface area contributed by atoms with Gasteiger partial charge in [0, 0.05) is 56.9 Å². The molecule has 1 saturated heterocycles. The summed E-state index contributed by atoms with van der Waals surface area (Å²) < 4.78 is 26.5. The Morgan fingerprint density at radius 2 is 1.65 bits per heavy atom. The highest BCUT2D eigenvalue weighted by molar-refractivity contribution is 5.76. The molecular weight excluding hydrogens is 336 g/mol. The van der Waals surface area contributed by atoms with E-state index >= 15 is 0 Å². The first-order valence-corrected chi connectivity index (χ1v) is 8.85. The van der Waals surface area contributed by atoms with Crippen molar-refractivity contribution in [3.05, 3.63) is 65.7 Å². The van der Waals surface area contributed by atoms with Crippen molar-refractivity contribution >= 4 is 11.6 Å². The van der Waals surface area contributed by atoms with Gasteiger partial charge in [0.05, 0.1) is 0 Å². The summed E-state index contributed by atoms with van der Waals surface area (Å²) in [6.45, 7) is 4.31. The molecule has 0 bridgehead atoms. The first-order chi connectivity index (χ1) is 12.6. The second kappa shape index (κ2) is 8.76. The molecule has 0 unspecified atom stereocenters. The number of rotatable bonds is 6. The molecule has 1 amide bonds. The van der Waals surface area contributed by atoms with Gasteiger partial charge in [0.1, 0.15) is 11.6 Å². The van der Waals surface area contributed by atoms with E-state index in [4.69, 9.17) is 0 Å². The van der Waals surface area contributed by atoms with Crippen LogP contribution in [0.2, 0.25) is 0 Å². The third-order valence-corrected chi connectivity index (χ3v) is 4.65. The van der Waals surface area contributed by atoms with Gasteiger partial charge in [-0.1, -0.05) is 18.2 Å². The SMILES string of the molecule is O=C(CCN1CCN(c2ccc(F)cc2)CC1)NCc1ccccc1F. The number of hydrogen-bond acceptors (Lipinski definition) is 3. The minimum Gasteiger partial charge on any atom is -0.369 e. The second-order valence-electron chi connectivity index (χ2n) is 6.42. The number of carbonyl (C=O) groups excluding carboxylic acids is 1. The number of carbonyl (C=O) groups is 1. The molecule has 2 aromatic rings. The smallest absolute Gasteiger partial charge is 0.221 e. The summed E-state index contributed by atoms with van der Waals surface area (Å²) in [5.41, 5.74) is 1.52. The Kier molecular flexibility index (Phi) is 6.17. The van der Waals surface area contributed by atoms with Gasteiger partial charge in [-0.25, -0.2) is 8.78 Å². The van der Waals surface area contributed by atoms with Crippen LogP contribution in [0, 0.1) is 11.6 Å². The van der Waals surface area contributed by atoms with Gasteiger partial charge in [-0.3, -0.25) is 9.69 Å². The number of piperazine rings is 1. The fourth-order valence-corrected chi connectivity index (χ4v) is 3.07. The van der Waals surface area contributed by atoms with Crippen LogP contribution in [0.15, 0.2) is 48.5 Å². The third kappa shape index (κ3) is 5.02. The average Bonchev–Trinajstić information content (AvgIpc) is 2.67. The van der Waals surface area contributed by atoms with Crippen LogP contribution < -0.4 is 10.2 Å². The molecule has 0 spiro atoms. The van der Waals surface area contributed by atoms with E-state index in [1.165, 1.54) is 18.2 Å². The summed E-state index contributed by atoms with van der Waals surface area (Å²) in [6, 6.07) is 13.0. The van der Waals surface area contributed by atoms with Crippen LogP contribution in [0.3, 0.4) is 0 Å². The summed E-state index contributed by atoms with van der Waals surface area (Å²) in [4.78, 5) is 16.4. The third-order valence-electron chi connectivity index (χ3n) is 4.65. The summed E-state index contributed by atoms with van der Waals surface area (Å²) in [5, 5.41) is 2.77. The fraction of sp³-hybridized carbons (Fsp3) is 0.350. The standard InChI is InChI=1S/C20H23F2N3O/c21-17-5-7-18(8-6-17)25-13-11-24(12-14-25)10-9-20(26)23-15-16-3-1-2-4-19(16)22/h1-8H,9-15H2,(H,23,26). The maximum Gasteiger partial charge on any atom is 0.221 e. The number of halogens is 2. The lowest BCUT2D eigenvalue weighted by Gasteiger charge is -2.36. The molecule has 0 radical (unpaired) electrons. The number of nitrogens with zero attached hydrogens (tertiary/aromatic N) is 2. The lowest BCUT2D eigenvalue weighted by atomic mass is 10.2. The van der Waals surface area contributed by atoms with E-state index in [0.29, 0.717) is 18.5 Å². The molecule has 1 heterocycles. The van der Waals surface area contributed by atoms with Crippen LogP contribution in [-0.4, -0.2) is 43.5 Å². The van der Waals surface area contributed by atoms with Crippen molar-refractivity contribution in [3.63, 3.8) is 0 Å². The number of nitrogens with one attached hydrogen (secondary N) is 1. The molecule has 1 aliphatic rings. The Hall–Kier alpha value is -2.47. The van der Waals surface area contributed by atoms with Gasteiger partial charge in [-0.05, 0) is 30.3 Å². The van der Waals surface area contributed by atoms with Crippen LogP contribution in [0.5, 0.6) is 0 Å². The lowest BCUT2D eigenvalue weighted by molar-refractivity contribution is -0.121. The number of amides is 1. The highest BCUT2D eigenvalue weighted by Gasteiger charge is 2.17. The van der Waals surface area contributed by atoms with Crippen molar-refractivity contribution in [3.8, 4) is 0 Å². The van der Waals surface area contributed by atoms with E-state index in [1.54, 1.807) is 30.3 Å². The molecule has 1 N–H and O–H groups in total. The van der Waals surface area contributed by atoms with Crippen LogP contribution >= 0.6 is 0 Å². The van der Waals surface area contributed by atoms with Crippen molar-refractivity contribution in [2.75, 3.05) is 37.6 Å². The number of benzene rings is 2. The van der Waals surface area contributed by atoms with Gasteiger partial charge in [-0.15, -0.1) is 0 Å². The van der Waals surface area contributed by atoms with Crippen molar-refractivity contribution in [2.24, 2.45) is 0 Å². The second-order valence-corrected chi connectivity index (χ2v) is 6.42. The molecule has 1 fully saturated rings. The van der Waals surface area contributed by atoms with Crippen molar-refractivity contribution < 1.29 is 13.6 Å². The van der Waals surface area contributed by atoms with Crippen molar-refractivity contribution in [1.82, 2.24) is 10.2 Å². The minimum atomic E-state index is -0.301. The first-order valence-electron chi connectivity index (χ1n) is 8.85. The molecule has 0 aromatic heterocycles. The van der Waals surface area contributed by atoms with Gasteiger partial charge in [0.15, 0.2) is 0 Å². The Bertz CT molecular complexity index is 728.